The third kappa shape index (κ3) is 2.11. The van der Waals surface area contributed by atoms with Crippen molar-refractivity contribution in [2.24, 2.45) is 0 Å². The number of hydrogen-bond donors (Lipinski definition) is 2. The molecular formula is C25H27NO. The van der Waals surface area contributed by atoms with E-state index >= 15 is 0 Å². The third-order valence-electron chi connectivity index (χ3n) is 7.13. The molecule has 0 fully saturated rings. The molecule has 1 unspecified atom stereocenters. The van der Waals surface area contributed by atoms with E-state index in [0.717, 1.165) is 30.4 Å². The maximum atomic E-state index is 12.0. The lowest BCUT2D eigenvalue weighted by Crippen LogP contribution is -2.33. The zero-order chi connectivity index (χ0) is 19.1. The summed E-state index contributed by atoms with van der Waals surface area (Å²) in [5.74, 6) is 0. The Morgan fingerprint density at radius 3 is 2.48 bits per heavy atom. The molecule has 3 aromatic rings. The lowest BCUT2D eigenvalue weighted by molar-refractivity contribution is 0.0645. The van der Waals surface area contributed by atoms with Gasteiger partial charge in [-0.25, -0.2) is 0 Å². The number of aliphatic hydroxyl groups is 1. The first-order valence-electron chi connectivity index (χ1n) is 9.95. The Hall–Kier alpha value is -2.32. The van der Waals surface area contributed by atoms with Crippen LogP contribution in [0.3, 0.4) is 0 Å². The van der Waals surface area contributed by atoms with Crippen molar-refractivity contribution < 1.29 is 5.11 Å². The molecule has 0 spiro atoms. The SMILES string of the molecule is Cc1cc2c(c(C)c1C)C=C(C1(O)CCc3c[nH]c4c(C)cc(C)c1c34)C2. The Labute approximate surface area is 160 Å². The first kappa shape index (κ1) is 16.8. The van der Waals surface area contributed by atoms with E-state index in [1.807, 2.05) is 0 Å². The van der Waals surface area contributed by atoms with E-state index in [1.165, 1.54) is 55.4 Å². The summed E-state index contributed by atoms with van der Waals surface area (Å²) in [5, 5.41) is 13.3. The molecule has 0 radical (unpaired) electrons. The number of H-pyrrole nitrogens is 1. The monoisotopic (exact) mass is 357 g/mol. The second-order valence-electron chi connectivity index (χ2n) is 8.67. The second-order valence-corrected chi connectivity index (χ2v) is 8.67. The van der Waals surface area contributed by atoms with Crippen molar-refractivity contribution >= 4 is 17.0 Å². The number of rotatable bonds is 1. The molecule has 2 nitrogen and oxygen atoms in total. The highest BCUT2D eigenvalue weighted by Gasteiger charge is 2.41. The van der Waals surface area contributed by atoms with Crippen LogP contribution in [0, 0.1) is 34.6 Å². The van der Waals surface area contributed by atoms with Gasteiger partial charge >= 0.3 is 0 Å². The Balaban J connectivity index is 1.74. The predicted molar refractivity (Wildman–Crippen MR) is 112 cm³/mol. The first-order chi connectivity index (χ1) is 12.8. The maximum Gasteiger partial charge on any atom is 0.112 e. The molecule has 1 heterocycles. The average molecular weight is 357 g/mol. The van der Waals surface area contributed by atoms with Crippen LogP contribution in [0.2, 0.25) is 0 Å². The molecule has 0 saturated heterocycles. The number of nitrogens with one attached hydrogen (secondary N) is 1. The predicted octanol–water partition coefficient (Wildman–Crippen LogP) is 5.48. The van der Waals surface area contributed by atoms with Crippen LogP contribution in [0.5, 0.6) is 0 Å². The molecule has 2 heteroatoms. The van der Waals surface area contributed by atoms with E-state index in [2.05, 4.69) is 64.0 Å². The molecule has 138 valence electrons. The highest BCUT2D eigenvalue weighted by Crippen LogP contribution is 2.49. The van der Waals surface area contributed by atoms with Gasteiger partial charge in [-0.05, 0) is 104 Å². The van der Waals surface area contributed by atoms with Gasteiger partial charge in [-0.3, -0.25) is 0 Å². The summed E-state index contributed by atoms with van der Waals surface area (Å²) in [5.41, 5.74) is 13.1. The molecule has 27 heavy (non-hydrogen) atoms. The normalized spacial score (nSPS) is 20.9. The van der Waals surface area contributed by atoms with Gasteiger partial charge in [0, 0.05) is 22.7 Å². The zero-order valence-corrected chi connectivity index (χ0v) is 16.9. The van der Waals surface area contributed by atoms with Crippen LogP contribution in [-0.2, 0) is 18.4 Å². The van der Waals surface area contributed by atoms with Crippen LogP contribution in [0.1, 0.15) is 56.5 Å². The Morgan fingerprint density at radius 2 is 1.70 bits per heavy atom. The number of aryl methyl sites for hydroxylation is 4. The molecule has 1 aromatic heterocycles. The molecule has 2 aromatic carbocycles. The Morgan fingerprint density at radius 1 is 0.926 bits per heavy atom. The van der Waals surface area contributed by atoms with Gasteiger partial charge in [0.25, 0.3) is 0 Å². The number of hydrogen-bond acceptors (Lipinski definition) is 1. The standard InChI is InChI=1S/C25H27NO/c1-13-9-19-10-20(11-21(19)17(5)16(13)4)25(27)7-6-18-12-26-24-15(3)8-14(2)23(25)22(18)24/h8-9,11-12,26-27H,6-7,10H2,1-5H3. The van der Waals surface area contributed by atoms with Crippen LogP contribution in [0.25, 0.3) is 17.0 Å². The summed E-state index contributed by atoms with van der Waals surface area (Å²) in [4.78, 5) is 3.45. The van der Waals surface area contributed by atoms with Gasteiger partial charge in [-0.2, -0.15) is 0 Å². The van der Waals surface area contributed by atoms with Crippen LogP contribution in [0.4, 0.5) is 0 Å². The minimum atomic E-state index is -0.876. The van der Waals surface area contributed by atoms with Crippen molar-refractivity contribution in [3.05, 3.63) is 74.0 Å². The summed E-state index contributed by atoms with van der Waals surface area (Å²) in [6.07, 6.45) is 6.93. The van der Waals surface area contributed by atoms with Crippen molar-refractivity contribution in [2.45, 2.75) is 59.5 Å². The molecule has 2 N–H and O–H groups in total. The minimum Gasteiger partial charge on any atom is -0.381 e. The first-order valence-corrected chi connectivity index (χ1v) is 9.95. The van der Waals surface area contributed by atoms with Crippen molar-refractivity contribution in [3.8, 4) is 0 Å². The van der Waals surface area contributed by atoms with Crippen LogP contribution < -0.4 is 0 Å². The van der Waals surface area contributed by atoms with Crippen LogP contribution >= 0.6 is 0 Å². The zero-order valence-electron chi connectivity index (χ0n) is 16.9. The fourth-order valence-corrected chi connectivity index (χ4v) is 5.45. The number of benzene rings is 2. The smallest absolute Gasteiger partial charge is 0.112 e. The third-order valence-corrected chi connectivity index (χ3v) is 7.13. The number of fused-ring (bicyclic) bond motifs is 1. The highest BCUT2D eigenvalue weighted by molar-refractivity contribution is 5.93. The van der Waals surface area contributed by atoms with E-state index < -0.39 is 5.60 Å². The van der Waals surface area contributed by atoms with E-state index in [9.17, 15) is 5.11 Å². The second kappa shape index (κ2) is 5.36. The number of aromatic nitrogens is 1. The van der Waals surface area contributed by atoms with Gasteiger partial charge in [0.2, 0.25) is 0 Å². The fraction of sp³-hybridized carbons (Fsp3) is 0.360. The number of aromatic amines is 1. The summed E-state index contributed by atoms with van der Waals surface area (Å²) in [6, 6.07) is 4.53. The van der Waals surface area contributed by atoms with Gasteiger partial charge in [0.1, 0.15) is 5.60 Å². The van der Waals surface area contributed by atoms with Crippen molar-refractivity contribution in [1.29, 1.82) is 0 Å². The molecule has 0 saturated carbocycles. The van der Waals surface area contributed by atoms with Gasteiger partial charge < -0.3 is 10.1 Å². The Bertz CT molecular complexity index is 1160. The van der Waals surface area contributed by atoms with E-state index in [4.69, 9.17) is 0 Å². The van der Waals surface area contributed by atoms with Gasteiger partial charge in [-0.1, -0.05) is 18.2 Å². The highest BCUT2D eigenvalue weighted by atomic mass is 16.3. The Kier molecular flexibility index (Phi) is 3.34. The maximum absolute atomic E-state index is 12.0. The van der Waals surface area contributed by atoms with E-state index in [-0.39, 0.29) is 0 Å². The fourth-order valence-electron chi connectivity index (χ4n) is 5.45. The van der Waals surface area contributed by atoms with E-state index in [1.54, 1.807) is 0 Å². The molecule has 0 aliphatic heterocycles. The molecule has 1 atom stereocenters. The van der Waals surface area contributed by atoms with Crippen molar-refractivity contribution in [3.63, 3.8) is 0 Å². The largest absolute Gasteiger partial charge is 0.381 e. The average Bonchev–Trinajstić information content (AvgIpc) is 3.23. The van der Waals surface area contributed by atoms with Crippen LogP contribution in [0.15, 0.2) is 23.9 Å². The molecule has 2 aliphatic rings. The lowest BCUT2D eigenvalue weighted by Gasteiger charge is -2.36. The summed E-state index contributed by atoms with van der Waals surface area (Å²) in [6.45, 7) is 10.9. The van der Waals surface area contributed by atoms with Crippen molar-refractivity contribution in [1.82, 2.24) is 4.98 Å². The van der Waals surface area contributed by atoms with Gasteiger partial charge in [-0.15, -0.1) is 0 Å². The molecule has 0 amide bonds. The molecule has 0 bridgehead atoms. The molecular weight excluding hydrogens is 330 g/mol. The molecule has 5 rings (SSSR count). The quantitative estimate of drug-likeness (QED) is 0.594. The van der Waals surface area contributed by atoms with Crippen molar-refractivity contribution in [2.75, 3.05) is 0 Å². The van der Waals surface area contributed by atoms with E-state index in [0.29, 0.717) is 0 Å². The van der Waals surface area contributed by atoms with Gasteiger partial charge in [0.15, 0.2) is 0 Å². The molecule has 2 aliphatic carbocycles. The van der Waals surface area contributed by atoms with Gasteiger partial charge in [0.05, 0.1) is 0 Å². The van der Waals surface area contributed by atoms with Crippen LogP contribution in [-0.4, -0.2) is 10.1 Å². The minimum absolute atomic E-state index is 0.758. The summed E-state index contributed by atoms with van der Waals surface area (Å²) >= 11 is 0. The summed E-state index contributed by atoms with van der Waals surface area (Å²) < 4.78 is 0. The summed E-state index contributed by atoms with van der Waals surface area (Å²) in [7, 11) is 0. The topological polar surface area (TPSA) is 36.0 Å². The lowest BCUT2D eigenvalue weighted by atomic mass is 9.73.